The zero-order valence-electron chi connectivity index (χ0n) is 7.23. The topological polar surface area (TPSA) is 57.0 Å². The normalized spacial score (nSPS) is 10.0. The van der Waals surface area contributed by atoms with Crippen LogP contribution < -0.4 is 0 Å². The first-order valence-electron chi connectivity index (χ1n) is 3.78. The number of hydrogen-bond acceptors (Lipinski definition) is 4. The van der Waals surface area contributed by atoms with Gasteiger partial charge in [-0.05, 0) is 0 Å². The van der Waals surface area contributed by atoms with Gasteiger partial charge in [0.25, 0.3) is 0 Å². The summed E-state index contributed by atoms with van der Waals surface area (Å²) in [4.78, 5) is 10.8. The molecule has 1 heterocycles. The maximum absolute atomic E-state index is 10.8. The fourth-order valence-corrected chi connectivity index (χ4v) is 1.02. The van der Waals surface area contributed by atoms with E-state index in [1.165, 1.54) is 11.8 Å². The largest absolute Gasteiger partial charge is 0.468 e. The van der Waals surface area contributed by atoms with E-state index in [2.05, 4.69) is 15.0 Å². The van der Waals surface area contributed by atoms with Crippen LogP contribution in [0.4, 0.5) is 0 Å². The number of hydrogen-bond donors (Lipinski definition) is 0. The lowest BCUT2D eigenvalue weighted by atomic mass is 10.4. The number of methoxy groups -OCH3 is 1. The minimum absolute atomic E-state index is 0.0891. The average molecular weight is 204 g/mol. The van der Waals surface area contributed by atoms with Crippen LogP contribution in [-0.4, -0.2) is 34.0 Å². The van der Waals surface area contributed by atoms with Crippen LogP contribution in [0.1, 0.15) is 5.69 Å². The highest BCUT2D eigenvalue weighted by Gasteiger charge is 2.04. The number of rotatable bonds is 4. The number of alkyl halides is 1. The van der Waals surface area contributed by atoms with Crippen LogP contribution in [0.25, 0.3) is 0 Å². The molecule has 0 fully saturated rings. The van der Waals surface area contributed by atoms with Crippen LogP contribution in [-0.2, 0) is 22.5 Å². The van der Waals surface area contributed by atoms with E-state index in [0.717, 1.165) is 5.69 Å². The SMILES string of the molecule is COC(=O)Cn1cc(CCCl)nn1. The van der Waals surface area contributed by atoms with E-state index in [1.807, 2.05) is 0 Å². The molecule has 5 nitrogen and oxygen atoms in total. The van der Waals surface area contributed by atoms with Gasteiger partial charge >= 0.3 is 5.97 Å². The Hall–Kier alpha value is -1.10. The molecule has 0 N–H and O–H groups in total. The minimum atomic E-state index is -0.345. The van der Waals surface area contributed by atoms with Gasteiger partial charge in [-0.3, -0.25) is 4.79 Å². The third kappa shape index (κ3) is 3.02. The second-order valence-corrected chi connectivity index (χ2v) is 2.80. The molecule has 0 unspecified atom stereocenters. The second-order valence-electron chi connectivity index (χ2n) is 2.42. The lowest BCUT2D eigenvalue weighted by molar-refractivity contribution is -0.141. The molecule has 1 aromatic rings. The van der Waals surface area contributed by atoms with Crippen molar-refractivity contribution in [1.29, 1.82) is 0 Å². The van der Waals surface area contributed by atoms with Crippen molar-refractivity contribution in [3.8, 4) is 0 Å². The van der Waals surface area contributed by atoms with E-state index in [-0.39, 0.29) is 12.5 Å². The zero-order valence-corrected chi connectivity index (χ0v) is 7.99. The predicted octanol–water partition coefficient (Wildman–Crippen LogP) is 0.232. The van der Waals surface area contributed by atoms with Crippen molar-refractivity contribution in [3.05, 3.63) is 11.9 Å². The fraction of sp³-hybridized carbons (Fsp3) is 0.571. The predicted molar refractivity (Wildman–Crippen MR) is 46.5 cm³/mol. The maximum Gasteiger partial charge on any atom is 0.327 e. The van der Waals surface area contributed by atoms with E-state index in [0.29, 0.717) is 12.3 Å². The first-order valence-corrected chi connectivity index (χ1v) is 4.31. The van der Waals surface area contributed by atoms with Crippen LogP contribution in [0.2, 0.25) is 0 Å². The maximum atomic E-state index is 10.8. The number of ether oxygens (including phenoxy) is 1. The third-order valence-electron chi connectivity index (χ3n) is 1.46. The number of esters is 1. The molecule has 0 aliphatic rings. The Labute approximate surface area is 80.6 Å². The van der Waals surface area contributed by atoms with Crippen molar-refractivity contribution >= 4 is 17.6 Å². The Balaban J connectivity index is 2.53. The molecule has 0 bridgehead atoms. The number of halogens is 1. The summed E-state index contributed by atoms with van der Waals surface area (Å²) in [6.07, 6.45) is 2.34. The summed E-state index contributed by atoms with van der Waals surface area (Å²) in [5.41, 5.74) is 0.777. The zero-order chi connectivity index (χ0) is 9.68. The summed E-state index contributed by atoms with van der Waals surface area (Å²) in [5.74, 6) is 0.152. The molecule has 0 amide bonds. The van der Waals surface area contributed by atoms with Crippen molar-refractivity contribution in [2.75, 3.05) is 13.0 Å². The molecule has 0 aliphatic carbocycles. The molecule has 0 aliphatic heterocycles. The van der Waals surface area contributed by atoms with Crippen molar-refractivity contribution < 1.29 is 9.53 Å². The highest BCUT2D eigenvalue weighted by molar-refractivity contribution is 6.17. The Bertz CT molecular complexity index is 287. The van der Waals surface area contributed by atoms with Crippen LogP contribution in [0, 0.1) is 0 Å². The molecule has 1 aromatic heterocycles. The molecule has 0 saturated heterocycles. The van der Waals surface area contributed by atoms with Crippen molar-refractivity contribution in [2.45, 2.75) is 13.0 Å². The molecule has 72 valence electrons. The number of carbonyl (C=O) groups excluding carboxylic acids is 1. The number of carbonyl (C=O) groups is 1. The number of nitrogens with zero attached hydrogens (tertiary/aromatic N) is 3. The molecule has 0 atom stereocenters. The first-order chi connectivity index (χ1) is 6.26. The van der Waals surface area contributed by atoms with Gasteiger partial charge < -0.3 is 4.74 Å². The van der Waals surface area contributed by atoms with Crippen molar-refractivity contribution in [1.82, 2.24) is 15.0 Å². The van der Waals surface area contributed by atoms with Crippen molar-refractivity contribution in [2.24, 2.45) is 0 Å². The van der Waals surface area contributed by atoms with E-state index < -0.39 is 0 Å². The van der Waals surface area contributed by atoms with Gasteiger partial charge in [0.2, 0.25) is 0 Å². The first kappa shape index (κ1) is 9.98. The van der Waals surface area contributed by atoms with Gasteiger partial charge in [-0.15, -0.1) is 16.7 Å². The summed E-state index contributed by atoms with van der Waals surface area (Å²) in [6, 6.07) is 0. The summed E-state index contributed by atoms with van der Waals surface area (Å²) in [7, 11) is 1.33. The molecule has 0 aromatic carbocycles. The van der Waals surface area contributed by atoms with Gasteiger partial charge in [0.05, 0.1) is 12.8 Å². The van der Waals surface area contributed by atoms with Gasteiger partial charge in [-0.2, -0.15) is 0 Å². The fourth-order valence-electron chi connectivity index (χ4n) is 0.824. The van der Waals surface area contributed by atoms with E-state index in [4.69, 9.17) is 11.6 Å². The molecule has 0 spiro atoms. The van der Waals surface area contributed by atoms with E-state index in [1.54, 1.807) is 6.20 Å². The van der Waals surface area contributed by atoms with Gasteiger partial charge in [-0.25, -0.2) is 4.68 Å². The Morgan fingerprint density at radius 1 is 1.77 bits per heavy atom. The second kappa shape index (κ2) is 4.81. The Kier molecular flexibility index (Phi) is 3.70. The van der Waals surface area contributed by atoms with Crippen molar-refractivity contribution in [3.63, 3.8) is 0 Å². The van der Waals surface area contributed by atoms with Gasteiger partial charge in [0, 0.05) is 18.5 Å². The van der Waals surface area contributed by atoms with Crippen LogP contribution in [0.5, 0.6) is 0 Å². The van der Waals surface area contributed by atoms with Crippen LogP contribution in [0.15, 0.2) is 6.20 Å². The van der Waals surface area contributed by atoms with Crippen LogP contribution in [0.3, 0.4) is 0 Å². The molecular weight excluding hydrogens is 194 g/mol. The van der Waals surface area contributed by atoms with Crippen LogP contribution >= 0.6 is 11.6 Å². The van der Waals surface area contributed by atoms with Gasteiger partial charge in [0.1, 0.15) is 6.54 Å². The van der Waals surface area contributed by atoms with Gasteiger partial charge in [-0.1, -0.05) is 5.21 Å². The molecule has 6 heteroatoms. The Morgan fingerprint density at radius 2 is 2.54 bits per heavy atom. The van der Waals surface area contributed by atoms with E-state index in [9.17, 15) is 4.79 Å². The number of aromatic nitrogens is 3. The Morgan fingerprint density at radius 3 is 3.15 bits per heavy atom. The lowest BCUT2D eigenvalue weighted by Crippen LogP contribution is -2.11. The summed E-state index contributed by atoms with van der Waals surface area (Å²) < 4.78 is 5.89. The number of aryl methyl sites for hydroxylation is 1. The summed E-state index contributed by atoms with van der Waals surface area (Å²) in [5, 5.41) is 7.54. The smallest absolute Gasteiger partial charge is 0.327 e. The van der Waals surface area contributed by atoms with E-state index >= 15 is 0 Å². The highest BCUT2D eigenvalue weighted by atomic mass is 35.5. The molecule has 13 heavy (non-hydrogen) atoms. The average Bonchev–Trinajstić information content (AvgIpc) is 2.53. The monoisotopic (exact) mass is 203 g/mol. The molecular formula is C7H10ClN3O2. The molecule has 0 saturated carbocycles. The third-order valence-corrected chi connectivity index (χ3v) is 1.64. The minimum Gasteiger partial charge on any atom is -0.468 e. The quantitative estimate of drug-likeness (QED) is 0.519. The summed E-state index contributed by atoms with van der Waals surface area (Å²) >= 11 is 5.51. The lowest BCUT2D eigenvalue weighted by Gasteiger charge is -1.96. The molecule has 0 radical (unpaired) electrons. The highest BCUT2D eigenvalue weighted by Crippen LogP contribution is 1.96. The molecule has 1 rings (SSSR count). The standard InChI is InChI=1S/C7H10ClN3O2/c1-13-7(12)5-11-4-6(2-3-8)9-10-11/h4H,2-3,5H2,1H3. The summed E-state index contributed by atoms with van der Waals surface area (Å²) in [6.45, 7) is 0.0891. The van der Waals surface area contributed by atoms with Gasteiger partial charge in [0.15, 0.2) is 0 Å².